The molecule has 0 aromatic carbocycles. The van der Waals surface area contributed by atoms with Gasteiger partial charge in [-0.3, -0.25) is 0 Å². The summed E-state index contributed by atoms with van der Waals surface area (Å²) in [5, 5.41) is 9.99. The largest absolute Gasteiger partial charge is 0.393 e. The SMILES string of the molecule is CCCCCC(/C=C/[C@@H]1CC(O)C(C)(C)C1)CC. The van der Waals surface area contributed by atoms with Crippen LogP contribution in [0.2, 0.25) is 0 Å². The molecular formula is C17H32O. The normalized spacial score (nSPS) is 28.9. The van der Waals surface area contributed by atoms with Crippen LogP contribution in [0, 0.1) is 17.3 Å². The van der Waals surface area contributed by atoms with Gasteiger partial charge in [0, 0.05) is 0 Å². The smallest absolute Gasteiger partial charge is 0.0597 e. The summed E-state index contributed by atoms with van der Waals surface area (Å²) in [4.78, 5) is 0. The third kappa shape index (κ3) is 4.76. The molecule has 0 aromatic rings. The highest BCUT2D eigenvalue weighted by Crippen LogP contribution is 2.41. The summed E-state index contributed by atoms with van der Waals surface area (Å²) < 4.78 is 0. The molecule has 1 aliphatic rings. The Hall–Kier alpha value is -0.300. The molecule has 1 N–H and O–H groups in total. The fourth-order valence-corrected chi connectivity index (χ4v) is 3.05. The first kappa shape index (κ1) is 15.8. The highest BCUT2D eigenvalue weighted by molar-refractivity contribution is 5.01. The van der Waals surface area contributed by atoms with Gasteiger partial charge in [-0.05, 0) is 42.9 Å². The molecule has 1 rings (SSSR count). The maximum Gasteiger partial charge on any atom is 0.0597 e. The Morgan fingerprint density at radius 2 is 2.00 bits per heavy atom. The van der Waals surface area contributed by atoms with Crippen molar-refractivity contribution in [1.82, 2.24) is 0 Å². The summed E-state index contributed by atoms with van der Waals surface area (Å²) in [7, 11) is 0. The average molecular weight is 252 g/mol. The minimum atomic E-state index is -0.118. The van der Waals surface area contributed by atoms with E-state index >= 15 is 0 Å². The van der Waals surface area contributed by atoms with Gasteiger partial charge in [-0.15, -0.1) is 0 Å². The quantitative estimate of drug-likeness (QED) is 0.502. The van der Waals surface area contributed by atoms with Crippen LogP contribution in [-0.4, -0.2) is 11.2 Å². The van der Waals surface area contributed by atoms with Crippen LogP contribution < -0.4 is 0 Å². The van der Waals surface area contributed by atoms with E-state index in [-0.39, 0.29) is 11.5 Å². The van der Waals surface area contributed by atoms with E-state index in [0.717, 1.165) is 18.8 Å². The number of hydrogen-bond donors (Lipinski definition) is 1. The molecule has 1 nitrogen and oxygen atoms in total. The van der Waals surface area contributed by atoms with E-state index in [9.17, 15) is 5.11 Å². The number of allylic oxidation sites excluding steroid dienone is 2. The highest BCUT2D eigenvalue weighted by atomic mass is 16.3. The standard InChI is InChI=1S/C17H32O/c1-5-7-8-9-14(6-2)10-11-15-12-16(18)17(3,4)13-15/h10-11,14-16,18H,5-9,12-13H2,1-4H3/b11-10+/t14?,15-,16?/m1/s1. The monoisotopic (exact) mass is 252 g/mol. The number of hydrogen-bond acceptors (Lipinski definition) is 1. The van der Waals surface area contributed by atoms with Crippen LogP contribution in [0.25, 0.3) is 0 Å². The van der Waals surface area contributed by atoms with Crippen molar-refractivity contribution in [2.75, 3.05) is 0 Å². The molecule has 0 heterocycles. The van der Waals surface area contributed by atoms with E-state index in [1.807, 2.05) is 0 Å². The molecule has 2 unspecified atom stereocenters. The molecule has 1 aliphatic carbocycles. The van der Waals surface area contributed by atoms with Crippen molar-refractivity contribution in [3.63, 3.8) is 0 Å². The van der Waals surface area contributed by atoms with E-state index in [2.05, 4.69) is 39.8 Å². The number of aliphatic hydroxyl groups excluding tert-OH is 1. The first-order chi connectivity index (χ1) is 8.49. The van der Waals surface area contributed by atoms with Gasteiger partial charge in [0.15, 0.2) is 0 Å². The Morgan fingerprint density at radius 3 is 2.50 bits per heavy atom. The zero-order chi connectivity index (χ0) is 13.6. The van der Waals surface area contributed by atoms with Crippen molar-refractivity contribution >= 4 is 0 Å². The summed E-state index contributed by atoms with van der Waals surface area (Å²) in [5.74, 6) is 1.34. The second kappa shape index (κ2) is 7.33. The third-order valence-corrected chi connectivity index (χ3v) is 4.57. The fraction of sp³-hybridized carbons (Fsp3) is 0.882. The van der Waals surface area contributed by atoms with Gasteiger partial charge in [-0.2, -0.15) is 0 Å². The molecule has 0 aromatic heterocycles. The van der Waals surface area contributed by atoms with Gasteiger partial charge in [-0.25, -0.2) is 0 Å². The molecule has 106 valence electrons. The van der Waals surface area contributed by atoms with Gasteiger partial charge >= 0.3 is 0 Å². The van der Waals surface area contributed by atoms with Gasteiger partial charge in [-0.1, -0.05) is 59.1 Å². The minimum absolute atomic E-state index is 0.110. The van der Waals surface area contributed by atoms with E-state index < -0.39 is 0 Å². The zero-order valence-electron chi connectivity index (χ0n) is 12.8. The van der Waals surface area contributed by atoms with Crippen molar-refractivity contribution in [3.8, 4) is 0 Å². The van der Waals surface area contributed by atoms with Crippen LogP contribution in [0.3, 0.4) is 0 Å². The minimum Gasteiger partial charge on any atom is -0.393 e. The molecule has 0 aliphatic heterocycles. The Bertz CT molecular complexity index is 254. The predicted molar refractivity (Wildman–Crippen MR) is 79.6 cm³/mol. The average Bonchev–Trinajstić information content (AvgIpc) is 2.57. The lowest BCUT2D eigenvalue weighted by molar-refractivity contribution is 0.0796. The Morgan fingerprint density at radius 1 is 1.28 bits per heavy atom. The second-order valence-corrected chi connectivity index (χ2v) is 6.75. The Labute approximate surface area is 114 Å². The molecule has 0 radical (unpaired) electrons. The fourth-order valence-electron chi connectivity index (χ4n) is 3.05. The van der Waals surface area contributed by atoms with E-state index in [1.165, 1.54) is 32.1 Å². The lowest BCUT2D eigenvalue weighted by Crippen LogP contribution is -2.21. The van der Waals surface area contributed by atoms with Crippen molar-refractivity contribution in [3.05, 3.63) is 12.2 Å². The summed E-state index contributed by atoms with van der Waals surface area (Å²) in [6.07, 6.45) is 13.4. The van der Waals surface area contributed by atoms with E-state index in [0.29, 0.717) is 5.92 Å². The van der Waals surface area contributed by atoms with Crippen LogP contribution in [0.5, 0.6) is 0 Å². The molecule has 1 saturated carbocycles. The van der Waals surface area contributed by atoms with E-state index in [1.54, 1.807) is 0 Å². The van der Waals surface area contributed by atoms with Crippen LogP contribution in [0.1, 0.15) is 72.6 Å². The van der Waals surface area contributed by atoms with Crippen LogP contribution >= 0.6 is 0 Å². The number of rotatable bonds is 7. The van der Waals surface area contributed by atoms with Gasteiger partial charge in [0.25, 0.3) is 0 Å². The summed E-state index contributed by atoms with van der Waals surface area (Å²) in [5.41, 5.74) is 0.110. The van der Waals surface area contributed by atoms with Gasteiger partial charge in [0.2, 0.25) is 0 Å². The van der Waals surface area contributed by atoms with Crippen molar-refractivity contribution in [1.29, 1.82) is 0 Å². The molecule has 0 amide bonds. The zero-order valence-corrected chi connectivity index (χ0v) is 12.8. The first-order valence-corrected chi connectivity index (χ1v) is 7.86. The molecule has 0 bridgehead atoms. The van der Waals surface area contributed by atoms with Crippen molar-refractivity contribution in [2.45, 2.75) is 78.7 Å². The Balaban J connectivity index is 2.38. The van der Waals surface area contributed by atoms with Gasteiger partial charge < -0.3 is 5.11 Å². The van der Waals surface area contributed by atoms with Gasteiger partial charge in [0.1, 0.15) is 0 Å². The lowest BCUT2D eigenvalue weighted by atomic mass is 9.88. The van der Waals surface area contributed by atoms with Crippen molar-refractivity contribution in [2.24, 2.45) is 17.3 Å². The number of aliphatic hydroxyl groups is 1. The molecule has 1 heteroatoms. The maximum absolute atomic E-state index is 9.99. The Kier molecular flexibility index (Phi) is 6.42. The van der Waals surface area contributed by atoms with Crippen LogP contribution in [0.15, 0.2) is 12.2 Å². The molecule has 18 heavy (non-hydrogen) atoms. The summed E-state index contributed by atoms with van der Waals surface area (Å²) >= 11 is 0. The number of unbranched alkanes of at least 4 members (excludes halogenated alkanes) is 2. The first-order valence-electron chi connectivity index (χ1n) is 7.86. The van der Waals surface area contributed by atoms with Gasteiger partial charge in [0.05, 0.1) is 6.10 Å². The topological polar surface area (TPSA) is 20.2 Å². The highest BCUT2D eigenvalue weighted by Gasteiger charge is 2.38. The molecule has 3 atom stereocenters. The summed E-state index contributed by atoms with van der Waals surface area (Å²) in [6, 6.07) is 0. The van der Waals surface area contributed by atoms with Crippen LogP contribution in [-0.2, 0) is 0 Å². The maximum atomic E-state index is 9.99. The molecule has 0 spiro atoms. The predicted octanol–water partition coefficient (Wildman–Crippen LogP) is 4.95. The molecule has 1 fully saturated rings. The second-order valence-electron chi connectivity index (χ2n) is 6.75. The van der Waals surface area contributed by atoms with Crippen molar-refractivity contribution < 1.29 is 5.11 Å². The van der Waals surface area contributed by atoms with Crippen LogP contribution in [0.4, 0.5) is 0 Å². The lowest BCUT2D eigenvalue weighted by Gasteiger charge is -2.21. The molecular weight excluding hydrogens is 220 g/mol. The molecule has 0 saturated heterocycles. The van der Waals surface area contributed by atoms with E-state index in [4.69, 9.17) is 0 Å². The summed E-state index contributed by atoms with van der Waals surface area (Å²) in [6.45, 7) is 8.92. The third-order valence-electron chi connectivity index (χ3n) is 4.57.